The molecule has 0 saturated heterocycles. The van der Waals surface area contributed by atoms with Crippen molar-refractivity contribution in [1.82, 2.24) is 15.1 Å². The molecule has 4 aromatic rings. The molecule has 0 unspecified atom stereocenters. The van der Waals surface area contributed by atoms with Gasteiger partial charge >= 0.3 is 0 Å². The molecule has 0 spiro atoms. The minimum absolute atomic E-state index is 0.124. The Balaban J connectivity index is 1.68. The van der Waals surface area contributed by atoms with Crippen LogP contribution in [-0.2, 0) is 21.5 Å². The van der Waals surface area contributed by atoms with Crippen LogP contribution in [0.5, 0.6) is 0 Å². The van der Waals surface area contributed by atoms with Gasteiger partial charge in [0.2, 0.25) is 11.8 Å². The average molecular weight is 547 g/mol. The molecular formula is C30H31FN4O3S. The van der Waals surface area contributed by atoms with E-state index in [0.717, 1.165) is 28.1 Å². The first-order chi connectivity index (χ1) is 18.6. The maximum atomic E-state index is 14.4. The smallest absolute Gasteiger partial charge is 0.240 e. The number of rotatable bonds is 6. The number of hydrogen-bond acceptors (Lipinski definition) is 5. The van der Waals surface area contributed by atoms with Crippen molar-refractivity contribution in [3.63, 3.8) is 0 Å². The Kier molecular flexibility index (Phi) is 7.36. The molecule has 39 heavy (non-hydrogen) atoms. The number of hydrogen-bond donors (Lipinski definition) is 1. The first-order valence-corrected chi connectivity index (χ1v) is 13.8. The van der Waals surface area contributed by atoms with Gasteiger partial charge in [0, 0.05) is 11.0 Å². The lowest BCUT2D eigenvalue weighted by molar-refractivity contribution is -0.123. The molecule has 0 bridgehead atoms. The fourth-order valence-corrected chi connectivity index (χ4v) is 5.93. The fraction of sp³-hybridized carbons (Fsp3) is 0.300. The van der Waals surface area contributed by atoms with E-state index in [0.29, 0.717) is 11.6 Å². The van der Waals surface area contributed by atoms with Crippen molar-refractivity contribution in [2.45, 2.75) is 44.9 Å². The zero-order chi connectivity index (χ0) is 27.7. The summed E-state index contributed by atoms with van der Waals surface area (Å²) in [6.45, 7) is 8.21. The summed E-state index contributed by atoms with van der Waals surface area (Å²) in [7, 11) is 0. The van der Waals surface area contributed by atoms with Gasteiger partial charge < -0.3 is 9.73 Å². The topological polar surface area (TPSA) is 80.4 Å². The maximum Gasteiger partial charge on any atom is 0.240 e. The maximum absolute atomic E-state index is 14.4. The third kappa shape index (κ3) is 5.63. The van der Waals surface area contributed by atoms with E-state index in [-0.39, 0.29) is 41.7 Å². The van der Waals surface area contributed by atoms with Gasteiger partial charge in [-0.2, -0.15) is 5.10 Å². The molecule has 202 valence electrons. The van der Waals surface area contributed by atoms with Crippen molar-refractivity contribution in [2.24, 2.45) is 0 Å². The van der Waals surface area contributed by atoms with E-state index in [1.165, 1.54) is 28.8 Å². The number of halogens is 1. The third-order valence-electron chi connectivity index (χ3n) is 6.54. The highest BCUT2D eigenvalue weighted by atomic mass is 32.2. The number of carbonyl (C=O) groups is 2. The summed E-state index contributed by atoms with van der Waals surface area (Å²) in [5.41, 5.74) is 3.76. The molecule has 2 aromatic carbocycles. The number of benzene rings is 2. The zero-order valence-electron chi connectivity index (χ0n) is 22.4. The number of nitrogens with zero attached hydrogens (tertiary/aromatic N) is 3. The van der Waals surface area contributed by atoms with Gasteiger partial charge in [-0.15, -0.1) is 11.8 Å². The van der Waals surface area contributed by atoms with Crippen LogP contribution in [0.3, 0.4) is 0 Å². The molecule has 3 heterocycles. The predicted molar refractivity (Wildman–Crippen MR) is 151 cm³/mol. The van der Waals surface area contributed by atoms with Crippen molar-refractivity contribution < 1.29 is 18.4 Å². The van der Waals surface area contributed by atoms with Crippen LogP contribution in [0, 0.1) is 12.7 Å². The Morgan fingerprint density at radius 2 is 1.95 bits per heavy atom. The Labute approximate surface area is 231 Å². The lowest BCUT2D eigenvalue weighted by Crippen LogP contribution is -2.42. The molecule has 2 amide bonds. The number of amides is 2. The summed E-state index contributed by atoms with van der Waals surface area (Å²) in [4.78, 5) is 28.4. The number of aromatic nitrogens is 2. The second-order valence-corrected chi connectivity index (χ2v) is 11.8. The van der Waals surface area contributed by atoms with Crippen molar-refractivity contribution in [3.8, 4) is 5.69 Å². The van der Waals surface area contributed by atoms with E-state index >= 15 is 0 Å². The lowest BCUT2D eigenvalue weighted by atomic mass is 9.87. The number of fused-ring (bicyclic) bond motifs is 1. The average Bonchev–Trinajstić information content (AvgIpc) is 3.52. The van der Waals surface area contributed by atoms with Crippen LogP contribution in [-0.4, -0.2) is 33.9 Å². The van der Waals surface area contributed by atoms with Crippen LogP contribution < -0.4 is 10.2 Å². The quantitative estimate of drug-likeness (QED) is 0.336. The molecule has 1 aliphatic heterocycles. The lowest BCUT2D eigenvalue weighted by Gasteiger charge is -2.24. The van der Waals surface area contributed by atoms with Crippen LogP contribution in [0.15, 0.2) is 71.3 Å². The Morgan fingerprint density at radius 1 is 1.15 bits per heavy atom. The molecule has 0 saturated carbocycles. The van der Waals surface area contributed by atoms with Crippen molar-refractivity contribution in [2.75, 3.05) is 17.2 Å². The van der Waals surface area contributed by atoms with Crippen LogP contribution >= 0.6 is 11.8 Å². The second kappa shape index (κ2) is 10.7. The fourth-order valence-electron chi connectivity index (χ4n) is 4.74. The summed E-state index contributed by atoms with van der Waals surface area (Å²) in [5, 5.41) is 7.55. The van der Waals surface area contributed by atoms with Crippen molar-refractivity contribution in [3.05, 3.63) is 101 Å². The van der Waals surface area contributed by atoms with Gasteiger partial charge in [-0.3, -0.25) is 14.5 Å². The van der Waals surface area contributed by atoms with Crippen molar-refractivity contribution >= 4 is 29.4 Å². The first-order valence-electron chi connectivity index (χ1n) is 12.8. The van der Waals surface area contributed by atoms with Gasteiger partial charge in [-0.25, -0.2) is 9.07 Å². The van der Waals surface area contributed by atoms with Crippen LogP contribution in [0.1, 0.15) is 54.2 Å². The molecule has 7 nitrogen and oxygen atoms in total. The van der Waals surface area contributed by atoms with Gasteiger partial charge in [0.05, 0.1) is 35.2 Å². The van der Waals surface area contributed by atoms with Gasteiger partial charge in [0.15, 0.2) is 0 Å². The van der Waals surface area contributed by atoms with Crippen LogP contribution in [0.2, 0.25) is 0 Å². The molecule has 0 radical (unpaired) electrons. The van der Waals surface area contributed by atoms with Gasteiger partial charge in [0.1, 0.15) is 23.9 Å². The second-order valence-electron chi connectivity index (χ2n) is 10.7. The highest BCUT2D eigenvalue weighted by Crippen LogP contribution is 2.48. The largest absolute Gasteiger partial charge is 0.467 e. The van der Waals surface area contributed by atoms with E-state index in [2.05, 4.69) is 26.1 Å². The number of carbonyl (C=O) groups excluding carboxylic acids is 2. The highest BCUT2D eigenvalue weighted by Gasteiger charge is 2.40. The molecule has 2 aromatic heterocycles. The molecule has 9 heteroatoms. The Hall–Kier alpha value is -3.85. The number of furan rings is 1. The molecule has 0 fully saturated rings. The van der Waals surface area contributed by atoms with Gasteiger partial charge in [0.25, 0.3) is 0 Å². The van der Waals surface area contributed by atoms with Crippen molar-refractivity contribution in [1.29, 1.82) is 0 Å². The number of thioether (sulfide) groups is 1. The minimum atomic E-state index is -0.397. The summed E-state index contributed by atoms with van der Waals surface area (Å²) in [6, 6.07) is 17.9. The summed E-state index contributed by atoms with van der Waals surface area (Å²) < 4.78 is 21.5. The summed E-state index contributed by atoms with van der Waals surface area (Å²) >= 11 is 1.42. The highest BCUT2D eigenvalue weighted by molar-refractivity contribution is 8.00. The van der Waals surface area contributed by atoms with Crippen LogP contribution in [0.4, 0.5) is 10.2 Å². The molecular weight excluding hydrogens is 515 g/mol. The Morgan fingerprint density at radius 3 is 2.64 bits per heavy atom. The minimum Gasteiger partial charge on any atom is -0.467 e. The van der Waals surface area contributed by atoms with Gasteiger partial charge in [-0.05, 0) is 54.4 Å². The molecule has 5 rings (SSSR count). The number of aryl methyl sites for hydroxylation is 1. The zero-order valence-corrected chi connectivity index (χ0v) is 23.2. The van der Waals surface area contributed by atoms with E-state index in [9.17, 15) is 14.0 Å². The third-order valence-corrected chi connectivity index (χ3v) is 7.79. The standard InChI is InChI=1S/C30H31FN4O3S/c1-19-8-5-11-22(14-19)35-29-26(28(33-35)30(2,3)4)27(20-9-6-10-21(31)15-20)39-18-25(37)34(29)17-24(36)32-16-23-12-7-13-38-23/h5-15,27H,16-18H2,1-4H3,(H,32,36)/t27-/m0/s1. The van der Waals surface area contributed by atoms with E-state index in [1.54, 1.807) is 29.1 Å². The van der Waals surface area contributed by atoms with E-state index in [1.807, 2.05) is 37.3 Å². The monoisotopic (exact) mass is 546 g/mol. The van der Waals surface area contributed by atoms with E-state index in [4.69, 9.17) is 9.52 Å². The molecule has 0 aliphatic carbocycles. The van der Waals surface area contributed by atoms with Crippen LogP contribution in [0.25, 0.3) is 5.69 Å². The molecule has 1 aliphatic rings. The number of nitrogens with one attached hydrogen (secondary N) is 1. The summed E-state index contributed by atoms with van der Waals surface area (Å²) in [5.74, 6) is 0.383. The first kappa shape index (κ1) is 26.7. The number of anilines is 1. The molecule has 1 atom stereocenters. The normalized spacial score (nSPS) is 15.7. The Bertz CT molecular complexity index is 1510. The molecule has 1 N–H and O–H groups in total. The van der Waals surface area contributed by atoms with E-state index < -0.39 is 5.41 Å². The predicted octanol–water partition coefficient (Wildman–Crippen LogP) is 5.70. The summed E-state index contributed by atoms with van der Waals surface area (Å²) in [6.07, 6.45) is 1.55. The SMILES string of the molecule is Cc1cccc(-n2nc(C(C)(C)C)c3c2N(CC(=O)NCc2ccco2)C(=O)CS[C@H]3c2cccc(F)c2)c1. The van der Waals surface area contributed by atoms with Gasteiger partial charge in [-0.1, -0.05) is 45.0 Å².